The quantitative estimate of drug-likeness (QED) is 0.657. The topological polar surface area (TPSA) is 39.7 Å². The van der Waals surface area contributed by atoms with Crippen molar-refractivity contribution in [3.05, 3.63) is 65.7 Å². The van der Waals surface area contributed by atoms with Crippen LogP contribution in [0.15, 0.2) is 48.7 Å². The molecule has 0 aliphatic carbocycles. The zero-order chi connectivity index (χ0) is 20.8. The molecular weight excluding hydrogens is 379 g/mol. The van der Waals surface area contributed by atoms with Gasteiger partial charge in [0.2, 0.25) is 0 Å². The first kappa shape index (κ1) is 21.1. The number of piperidine rings is 1. The van der Waals surface area contributed by atoms with Gasteiger partial charge in [0.05, 0.1) is 5.69 Å². The second-order valence-corrected chi connectivity index (χ2v) is 8.43. The van der Waals surface area contributed by atoms with Crippen LogP contribution >= 0.6 is 0 Å². The monoisotopic (exact) mass is 410 g/mol. The lowest BCUT2D eigenvalue weighted by molar-refractivity contribution is 0.0801. The average Bonchev–Trinajstić information content (AvgIpc) is 2.80. The summed E-state index contributed by atoms with van der Waals surface area (Å²) >= 11 is 0. The van der Waals surface area contributed by atoms with Gasteiger partial charge in [0, 0.05) is 63.5 Å². The molecule has 0 bridgehead atoms. The summed E-state index contributed by atoms with van der Waals surface area (Å²) in [6, 6.07) is 12.1. The van der Waals surface area contributed by atoms with Crippen LogP contribution in [0.4, 0.5) is 4.39 Å². The Balaban J connectivity index is 1.14. The third kappa shape index (κ3) is 5.72. The lowest BCUT2D eigenvalue weighted by Crippen LogP contribution is -2.48. The number of likely N-dealkylation sites (tertiary alicyclic amines) is 1. The van der Waals surface area contributed by atoms with Crippen molar-refractivity contribution < 1.29 is 9.18 Å². The van der Waals surface area contributed by atoms with Crippen molar-refractivity contribution in [1.82, 2.24) is 19.7 Å². The Bertz CT molecular complexity index is 798. The van der Waals surface area contributed by atoms with Gasteiger partial charge < -0.3 is 4.90 Å². The van der Waals surface area contributed by atoms with Crippen LogP contribution in [0, 0.1) is 11.7 Å². The molecular formula is C24H31FN4O. The number of rotatable bonds is 7. The molecule has 0 unspecified atom stereocenters. The summed E-state index contributed by atoms with van der Waals surface area (Å²) in [5.41, 5.74) is 1.78. The van der Waals surface area contributed by atoms with Crippen molar-refractivity contribution in [3.8, 4) is 0 Å². The van der Waals surface area contributed by atoms with Gasteiger partial charge in [-0.1, -0.05) is 6.07 Å². The molecule has 0 saturated carbocycles. The van der Waals surface area contributed by atoms with Crippen LogP contribution in [0.3, 0.4) is 0 Å². The number of ketones is 1. The van der Waals surface area contributed by atoms with Crippen molar-refractivity contribution in [3.63, 3.8) is 0 Å². The second kappa shape index (κ2) is 10.2. The summed E-state index contributed by atoms with van der Waals surface area (Å²) in [6.07, 6.45) is 3.66. The van der Waals surface area contributed by atoms with Crippen LogP contribution in [-0.2, 0) is 6.54 Å². The fraction of sp³-hybridized carbons (Fsp3) is 0.500. The molecule has 0 atom stereocenters. The third-order valence-corrected chi connectivity index (χ3v) is 6.40. The van der Waals surface area contributed by atoms with Gasteiger partial charge in [-0.3, -0.25) is 19.6 Å². The Hall–Kier alpha value is -2.15. The maximum Gasteiger partial charge on any atom is 0.166 e. The molecule has 2 saturated heterocycles. The SMILES string of the molecule is O=C(c1ccc(F)cc1)C1CCN(CCN2CCN(Cc3ccccn3)CC2)CC1. The Morgan fingerprint density at radius 2 is 1.50 bits per heavy atom. The summed E-state index contributed by atoms with van der Waals surface area (Å²) in [5.74, 6) is -0.0561. The number of hydrogen-bond acceptors (Lipinski definition) is 5. The highest BCUT2D eigenvalue weighted by Crippen LogP contribution is 2.22. The van der Waals surface area contributed by atoms with Crippen molar-refractivity contribution in [1.29, 1.82) is 0 Å². The zero-order valence-corrected chi connectivity index (χ0v) is 17.5. The fourth-order valence-corrected chi connectivity index (χ4v) is 4.44. The molecule has 0 radical (unpaired) electrons. The van der Waals surface area contributed by atoms with Gasteiger partial charge in [0.1, 0.15) is 5.82 Å². The molecule has 2 fully saturated rings. The van der Waals surface area contributed by atoms with E-state index in [1.54, 1.807) is 12.1 Å². The standard InChI is InChI=1S/C24H31FN4O/c25-22-6-4-20(5-7-22)24(30)21-8-11-27(12-9-21)13-14-28-15-17-29(18-16-28)19-23-3-1-2-10-26-23/h1-7,10,21H,8-9,11-19H2. The van der Waals surface area contributed by atoms with Crippen LogP contribution in [0.1, 0.15) is 28.9 Å². The first-order chi connectivity index (χ1) is 14.7. The summed E-state index contributed by atoms with van der Waals surface area (Å²) in [7, 11) is 0. The molecule has 3 heterocycles. The molecule has 2 aromatic rings. The number of halogens is 1. The average molecular weight is 411 g/mol. The number of benzene rings is 1. The highest BCUT2D eigenvalue weighted by molar-refractivity contribution is 5.97. The number of hydrogen-bond donors (Lipinski definition) is 0. The number of piperazine rings is 1. The van der Waals surface area contributed by atoms with Crippen LogP contribution < -0.4 is 0 Å². The summed E-state index contributed by atoms with van der Waals surface area (Å²) in [6.45, 7) is 9.42. The van der Waals surface area contributed by atoms with E-state index in [0.717, 1.165) is 77.4 Å². The molecule has 0 amide bonds. The van der Waals surface area contributed by atoms with Crippen molar-refractivity contribution in [2.45, 2.75) is 19.4 Å². The highest BCUT2D eigenvalue weighted by Gasteiger charge is 2.26. The molecule has 160 valence electrons. The molecule has 4 rings (SSSR count). The minimum absolute atomic E-state index is 0.0712. The Morgan fingerprint density at radius 3 is 2.13 bits per heavy atom. The number of carbonyl (C=O) groups is 1. The lowest BCUT2D eigenvalue weighted by atomic mass is 9.89. The Morgan fingerprint density at radius 1 is 0.867 bits per heavy atom. The predicted octanol–water partition coefficient (Wildman–Crippen LogP) is 2.93. The maximum absolute atomic E-state index is 13.1. The maximum atomic E-state index is 13.1. The fourth-order valence-electron chi connectivity index (χ4n) is 4.44. The van der Waals surface area contributed by atoms with Gasteiger partial charge in [0.25, 0.3) is 0 Å². The molecule has 0 N–H and O–H groups in total. The zero-order valence-electron chi connectivity index (χ0n) is 17.5. The largest absolute Gasteiger partial charge is 0.302 e. The van der Waals surface area contributed by atoms with E-state index < -0.39 is 0 Å². The number of carbonyl (C=O) groups excluding carboxylic acids is 1. The van der Waals surface area contributed by atoms with Crippen LogP contribution in [0.5, 0.6) is 0 Å². The minimum Gasteiger partial charge on any atom is -0.302 e. The molecule has 6 heteroatoms. The Labute approximate surface area is 178 Å². The molecule has 2 aliphatic rings. The van der Waals surface area contributed by atoms with E-state index in [0.29, 0.717) is 5.56 Å². The third-order valence-electron chi connectivity index (χ3n) is 6.40. The first-order valence-corrected chi connectivity index (χ1v) is 11.0. The van der Waals surface area contributed by atoms with Gasteiger partial charge in [0.15, 0.2) is 5.78 Å². The van der Waals surface area contributed by atoms with Gasteiger partial charge in [-0.15, -0.1) is 0 Å². The van der Waals surface area contributed by atoms with Gasteiger partial charge in [-0.05, 0) is 62.3 Å². The lowest BCUT2D eigenvalue weighted by Gasteiger charge is -2.37. The van der Waals surface area contributed by atoms with E-state index in [-0.39, 0.29) is 17.5 Å². The van der Waals surface area contributed by atoms with Crippen molar-refractivity contribution in [2.24, 2.45) is 5.92 Å². The first-order valence-electron chi connectivity index (χ1n) is 11.0. The smallest absolute Gasteiger partial charge is 0.166 e. The van der Waals surface area contributed by atoms with Crippen LogP contribution in [0.2, 0.25) is 0 Å². The van der Waals surface area contributed by atoms with Gasteiger partial charge in [-0.25, -0.2) is 4.39 Å². The van der Waals surface area contributed by atoms with E-state index in [4.69, 9.17) is 0 Å². The summed E-state index contributed by atoms with van der Waals surface area (Å²) < 4.78 is 13.1. The van der Waals surface area contributed by atoms with Crippen molar-refractivity contribution >= 4 is 5.78 Å². The number of pyridine rings is 1. The van der Waals surface area contributed by atoms with E-state index in [9.17, 15) is 9.18 Å². The van der Waals surface area contributed by atoms with Crippen molar-refractivity contribution in [2.75, 3.05) is 52.4 Å². The van der Waals surface area contributed by atoms with E-state index in [1.807, 2.05) is 12.3 Å². The minimum atomic E-state index is -0.293. The highest BCUT2D eigenvalue weighted by atomic mass is 19.1. The normalized spacial score (nSPS) is 19.8. The number of Topliss-reactive ketones (excluding diaryl/α,β-unsaturated/α-hetero) is 1. The number of aromatic nitrogens is 1. The molecule has 30 heavy (non-hydrogen) atoms. The molecule has 0 spiro atoms. The summed E-state index contributed by atoms with van der Waals surface area (Å²) in [5, 5.41) is 0. The van der Waals surface area contributed by atoms with Gasteiger partial charge >= 0.3 is 0 Å². The van der Waals surface area contributed by atoms with E-state index in [2.05, 4.69) is 31.8 Å². The second-order valence-electron chi connectivity index (χ2n) is 8.43. The number of nitrogens with zero attached hydrogens (tertiary/aromatic N) is 4. The van der Waals surface area contributed by atoms with E-state index >= 15 is 0 Å². The van der Waals surface area contributed by atoms with E-state index in [1.165, 1.54) is 12.1 Å². The van der Waals surface area contributed by atoms with Gasteiger partial charge in [-0.2, -0.15) is 0 Å². The van der Waals surface area contributed by atoms with Crippen LogP contribution in [-0.4, -0.2) is 77.8 Å². The molecule has 5 nitrogen and oxygen atoms in total. The molecule has 1 aromatic carbocycles. The Kier molecular flexibility index (Phi) is 7.20. The molecule has 2 aliphatic heterocycles. The summed E-state index contributed by atoms with van der Waals surface area (Å²) in [4.78, 5) is 24.6. The molecule has 1 aromatic heterocycles. The predicted molar refractivity (Wildman–Crippen MR) is 116 cm³/mol. The van der Waals surface area contributed by atoms with Crippen LogP contribution in [0.25, 0.3) is 0 Å².